The number of urea groups is 1. The van der Waals surface area contributed by atoms with E-state index in [0.29, 0.717) is 39.8 Å². The Hall–Kier alpha value is -4.04. The fourth-order valence-electron chi connectivity index (χ4n) is 3.80. The van der Waals surface area contributed by atoms with Gasteiger partial charge in [-0.1, -0.05) is 18.2 Å². The van der Waals surface area contributed by atoms with Crippen LogP contribution in [0.15, 0.2) is 54.6 Å². The first-order valence-electron chi connectivity index (χ1n) is 11.5. The minimum atomic E-state index is -0.390. The van der Waals surface area contributed by atoms with E-state index in [-0.39, 0.29) is 5.78 Å². The van der Waals surface area contributed by atoms with Crippen LogP contribution in [0.4, 0.5) is 16.2 Å². The maximum atomic E-state index is 12.7. The zero-order chi connectivity index (χ0) is 26.2. The standard InChI is InChI=1S/C28H33N3O5/c1-18(32)23-12-9-20(15-25(23)34-4)24-16-22(17-26(35-5)27(24)36-6)30-28(33)29-21-10-7-19(8-11-21)13-14-31(2)3/h7-12,15-17H,13-14H2,1-6H3,(H2,29,30,33). The third kappa shape index (κ3) is 6.55. The Balaban J connectivity index is 1.85. The zero-order valence-corrected chi connectivity index (χ0v) is 21.6. The van der Waals surface area contributed by atoms with E-state index in [1.807, 2.05) is 38.4 Å². The maximum Gasteiger partial charge on any atom is 0.323 e. The molecule has 3 aromatic rings. The number of likely N-dealkylation sites (N-methyl/N-ethyl adjacent to an activating group) is 1. The molecule has 36 heavy (non-hydrogen) atoms. The lowest BCUT2D eigenvalue weighted by atomic mass is 9.99. The SMILES string of the molecule is COc1cc(-c2cc(NC(=O)Nc3ccc(CCN(C)C)cc3)cc(OC)c2OC)ccc1C(C)=O. The van der Waals surface area contributed by atoms with Crippen LogP contribution >= 0.6 is 0 Å². The molecule has 3 rings (SSSR count). The van der Waals surface area contributed by atoms with Gasteiger partial charge in [0.1, 0.15) is 5.75 Å². The summed E-state index contributed by atoms with van der Waals surface area (Å²) in [5.74, 6) is 1.30. The molecule has 0 saturated heterocycles. The molecule has 0 spiro atoms. The van der Waals surface area contributed by atoms with Crippen molar-refractivity contribution in [1.82, 2.24) is 4.90 Å². The Morgan fingerprint density at radius 1 is 0.806 bits per heavy atom. The Bertz CT molecular complexity index is 1220. The van der Waals surface area contributed by atoms with Crippen LogP contribution in [0, 0.1) is 0 Å². The fourth-order valence-corrected chi connectivity index (χ4v) is 3.80. The first-order valence-corrected chi connectivity index (χ1v) is 11.5. The molecule has 8 heteroatoms. The molecule has 2 amide bonds. The largest absolute Gasteiger partial charge is 0.496 e. The van der Waals surface area contributed by atoms with Gasteiger partial charge in [0.2, 0.25) is 0 Å². The van der Waals surface area contributed by atoms with Gasteiger partial charge in [-0.2, -0.15) is 0 Å². The van der Waals surface area contributed by atoms with Crippen LogP contribution in [0.2, 0.25) is 0 Å². The number of ketones is 1. The van der Waals surface area contributed by atoms with Crippen molar-refractivity contribution in [2.75, 3.05) is 52.6 Å². The lowest BCUT2D eigenvalue weighted by Gasteiger charge is -2.17. The Morgan fingerprint density at radius 3 is 2.06 bits per heavy atom. The predicted molar refractivity (Wildman–Crippen MR) is 143 cm³/mol. The molecule has 190 valence electrons. The molecule has 0 aromatic heterocycles. The maximum absolute atomic E-state index is 12.7. The van der Waals surface area contributed by atoms with Crippen LogP contribution < -0.4 is 24.8 Å². The van der Waals surface area contributed by atoms with Crippen LogP contribution in [-0.4, -0.2) is 58.7 Å². The summed E-state index contributed by atoms with van der Waals surface area (Å²) in [7, 11) is 8.67. The summed E-state index contributed by atoms with van der Waals surface area (Å²) in [5.41, 5.74) is 4.29. The minimum Gasteiger partial charge on any atom is -0.496 e. The first kappa shape index (κ1) is 26.6. The topological polar surface area (TPSA) is 89.1 Å². The number of carbonyl (C=O) groups is 2. The van der Waals surface area contributed by atoms with E-state index >= 15 is 0 Å². The number of hydrogen-bond donors (Lipinski definition) is 2. The molecule has 3 aromatic carbocycles. The number of carbonyl (C=O) groups excluding carboxylic acids is 2. The second-order valence-electron chi connectivity index (χ2n) is 8.56. The molecule has 0 unspecified atom stereocenters. The van der Waals surface area contributed by atoms with Gasteiger partial charge in [-0.05, 0) is 68.9 Å². The van der Waals surface area contributed by atoms with Crippen molar-refractivity contribution >= 4 is 23.2 Å². The van der Waals surface area contributed by atoms with E-state index in [4.69, 9.17) is 14.2 Å². The fraction of sp³-hybridized carbons (Fsp3) is 0.286. The molecule has 0 aliphatic rings. The lowest BCUT2D eigenvalue weighted by molar-refractivity contribution is 0.101. The number of methoxy groups -OCH3 is 3. The highest BCUT2D eigenvalue weighted by Gasteiger charge is 2.18. The van der Waals surface area contributed by atoms with E-state index < -0.39 is 6.03 Å². The molecule has 0 aliphatic heterocycles. The molecule has 2 N–H and O–H groups in total. The number of ether oxygens (including phenoxy) is 3. The third-order valence-electron chi connectivity index (χ3n) is 5.69. The van der Waals surface area contributed by atoms with Crippen molar-refractivity contribution in [2.45, 2.75) is 13.3 Å². The van der Waals surface area contributed by atoms with E-state index in [9.17, 15) is 9.59 Å². The Labute approximate surface area is 212 Å². The number of benzene rings is 3. The summed E-state index contributed by atoms with van der Waals surface area (Å²) in [4.78, 5) is 26.8. The number of hydrogen-bond acceptors (Lipinski definition) is 6. The summed E-state index contributed by atoms with van der Waals surface area (Å²) >= 11 is 0. The Kier molecular flexibility index (Phi) is 8.91. The molecule has 0 bridgehead atoms. The molecule has 0 saturated carbocycles. The quantitative estimate of drug-likeness (QED) is 0.373. The highest BCUT2D eigenvalue weighted by Crippen LogP contribution is 2.42. The van der Waals surface area contributed by atoms with Gasteiger partial charge in [-0.3, -0.25) is 4.79 Å². The van der Waals surface area contributed by atoms with Crippen molar-refractivity contribution < 1.29 is 23.8 Å². The van der Waals surface area contributed by atoms with Crippen molar-refractivity contribution in [2.24, 2.45) is 0 Å². The van der Waals surface area contributed by atoms with Gasteiger partial charge >= 0.3 is 6.03 Å². The molecule has 0 fully saturated rings. The predicted octanol–water partition coefficient (Wildman–Crippen LogP) is 5.33. The van der Waals surface area contributed by atoms with Gasteiger partial charge in [0.15, 0.2) is 17.3 Å². The van der Waals surface area contributed by atoms with Gasteiger partial charge in [0, 0.05) is 29.5 Å². The molecule has 0 atom stereocenters. The van der Waals surface area contributed by atoms with E-state index in [0.717, 1.165) is 18.5 Å². The summed E-state index contributed by atoms with van der Waals surface area (Å²) in [6.45, 7) is 2.44. The second kappa shape index (κ2) is 12.1. The number of rotatable bonds is 10. The van der Waals surface area contributed by atoms with E-state index in [1.165, 1.54) is 26.7 Å². The number of amides is 2. The van der Waals surface area contributed by atoms with Crippen LogP contribution in [0.3, 0.4) is 0 Å². The highest BCUT2D eigenvalue weighted by atomic mass is 16.5. The van der Waals surface area contributed by atoms with E-state index in [1.54, 1.807) is 37.4 Å². The van der Waals surface area contributed by atoms with Gasteiger partial charge in [-0.15, -0.1) is 0 Å². The number of nitrogens with one attached hydrogen (secondary N) is 2. The summed E-state index contributed by atoms with van der Waals surface area (Å²) in [6, 6.07) is 16.1. The molecule has 0 aliphatic carbocycles. The van der Waals surface area contributed by atoms with Crippen LogP contribution in [-0.2, 0) is 6.42 Å². The molecule has 0 radical (unpaired) electrons. The molecule has 8 nitrogen and oxygen atoms in total. The monoisotopic (exact) mass is 491 g/mol. The summed E-state index contributed by atoms with van der Waals surface area (Å²) in [5, 5.41) is 5.72. The summed E-state index contributed by atoms with van der Waals surface area (Å²) in [6.07, 6.45) is 0.937. The van der Waals surface area contributed by atoms with Gasteiger partial charge in [0.05, 0.1) is 26.9 Å². The highest BCUT2D eigenvalue weighted by molar-refractivity contribution is 6.01. The Morgan fingerprint density at radius 2 is 1.47 bits per heavy atom. The first-order chi connectivity index (χ1) is 17.2. The van der Waals surface area contributed by atoms with Gasteiger partial charge in [-0.25, -0.2) is 4.79 Å². The summed E-state index contributed by atoms with van der Waals surface area (Å²) < 4.78 is 16.6. The normalized spacial score (nSPS) is 10.6. The average Bonchev–Trinajstić information content (AvgIpc) is 2.87. The third-order valence-corrected chi connectivity index (χ3v) is 5.69. The smallest absolute Gasteiger partial charge is 0.323 e. The zero-order valence-electron chi connectivity index (χ0n) is 21.6. The molecular formula is C28H33N3O5. The van der Waals surface area contributed by atoms with Crippen molar-refractivity contribution in [1.29, 1.82) is 0 Å². The molecular weight excluding hydrogens is 458 g/mol. The van der Waals surface area contributed by atoms with Gasteiger partial charge in [0.25, 0.3) is 0 Å². The van der Waals surface area contributed by atoms with Crippen molar-refractivity contribution in [3.63, 3.8) is 0 Å². The van der Waals surface area contributed by atoms with Crippen LogP contribution in [0.25, 0.3) is 11.1 Å². The lowest BCUT2D eigenvalue weighted by Crippen LogP contribution is -2.19. The number of Topliss-reactive ketones (excluding diaryl/α,β-unsaturated/α-hetero) is 1. The van der Waals surface area contributed by atoms with Crippen molar-refractivity contribution in [3.8, 4) is 28.4 Å². The number of nitrogens with zero attached hydrogens (tertiary/aromatic N) is 1. The second-order valence-corrected chi connectivity index (χ2v) is 8.56. The van der Waals surface area contributed by atoms with Gasteiger partial charge < -0.3 is 29.7 Å². The van der Waals surface area contributed by atoms with Crippen molar-refractivity contribution in [3.05, 3.63) is 65.7 Å². The van der Waals surface area contributed by atoms with Crippen LogP contribution in [0.5, 0.6) is 17.2 Å². The minimum absolute atomic E-state index is 0.0965. The molecule has 0 heterocycles. The van der Waals surface area contributed by atoms with Crippen LogP contribution in [0.1, 0.15) is 22.8 Å². The van der Waals surface area contributed by atoms with E-state index in [2.05, 4.69) is 15.5 Å². The average molecular weight is 492 g/mol. The number of anilines is 2.